The third-order valence-corrected chi connectivity index (χ3v) is 9.95. The molecule has 0 radical (unpaired) electrons. The summed E-state index contributed by atoms with van der Waals surface area (Å²) in [5.74, 6) is -0.819. The molecule has 0 saturated carbocycles. The average molecular weight is 770 g/mol. The number of likely N-dealkylation sites (N-methyl/N-ethyl adjacent to an activating group) is 1. The largest absolute Gasteiger partial charge is 0.472 e. The quantitative estimate of drug-likeness (QED) is 0.0282. The van der Waals surface area contributed by atoms with Crippen LogP contribution in [0, 0.1) is 0 Å². The number of rotatable bonds is 39. The predicted octanol–water partition coefficient (Wildman–Crippen LogP) is 12.0. The molecule has 0 bridgehead atoms. The maximum absolute atomic E-state index is 12.6. The van der Waals surface area contributed by atoms with Crippen LogP contribution in [-0.2, 0) is 32.7 Å². The maximum Gasteiger partial charge on any atom is 0.472 e. The Labute approximate surface area is 325 Å². The summed E-state index contributed by atoms with van der Waals surface area (Å²) in [4.78, 5) is 37.0. The van der Waals surface area contributed by atoms with Crippen LogP contribution in [-0.4, -0.2) is 68.3 Å². The van der Waals surface area contributed by atoms with Gasteiger partial charge in [-0.05, 0) is 59.0 Å². The number of phosphoric ester groups is 1. The molecule has 2 unspecified atom stereocenters. The Morgan fingerprint density at radius 2 is 1.08 bits per heavy atom. The lowest BCUT2D eigenvalue weighted by Crippen LogP contribution is -2.29. The fraction of sp³-hybridized carbons (Fsp3) is 0.814. The molecule has 0 heterocycles. The molecule has 9 nitrogen and oxygen atoms in total. The minimum absolute atomic E-state index is 0.00427. The van der Waals surface area contributed by atoms with E-state index in [1.165, 1.54) is 77.0 Å². The van der Waals surface area contributed by atoms with Gasteiger partial charge < -0.3 is 19.3 Å². The maximum atomic E-state index is 12.6. The van der Waals surface area contributed by atoms with Gasteiger partial charge >= 0.3 is 19.8 Å². The number of carbonyl (C=O) groups is 2. The first-order valence-electron chi connectivity index (χ1n) is 21.3. The molecular formula is C43H80NO8P. The molecule has 0 aromatic rings. The molecule has 0 aromatic carbocycles. The van der Waals surface area contributed by atoms with Gasteiger partial charge in [0.25, 0.3) is 0 Å². The van der Waals surface area contributed by atoms with Gasteiger partial charge in [-0.2, -0.15) is 0 Å². The van der Waals surface area contributed by atoms with Crippen molar-refractivity contribution in [2.45, 2.75) is 187 Å². The van der Waals surface area contributed by atoms with Crippen molar-refractivity contribution < 1.29 is 37.6 Å². The second-order valence-electron chi connectivity index (χ2n) is 14.5. The van der Waals surface area contributed by atoms with Crippen molar-refractivity contribution >= 4 is 19.8 Å². The van der Waals surface area contributed by atoms with Crippen molar-refractivity contribution in [1.82, 2.24) is 4.90 Å². The predicted molar refractivity (Wildman–Crippen MR) is 220 cm³/mol. The van der Waals surface area contributed by atoms with Crippen molar-refractivity contribution in [3.8, 4) is 0 Å². The van der Waals surface area contributed by atoms with Crippen LogP contribution >= 0.6 is 7.82 Å². The van der Waals surface area contributed by atoms with Crippen molar-refractivity contribution in [3.05, 3.63) is 36.5 Å². The van der Waals surface area contributed by atoms with Gasteiger partial charge in [-0.3, -0.25) is 18.6 Å². The molecule has 53 heavy (non-hydrogen) atoms. The Hall–Kier alpha value is -1.77. The number of ether oxygens (including phenoxy) is 2. The third-order valence-electron chi connectivity index (χ3n) is 8.96. The summed E-state index contributed by atoms with van der Waals surface area (Å²) < 4.78 is 33.4. The van der Waals surface area contributed by atoms with E-state index in [0.29, 0.717) is 13.0 Å². The summed E-state index contributed by atoms with van der Waals surface area (Å²) in [5.41, 5.74) is 0. The SMILES string of the molecule is CC/C=C\C/C=C\C/C=C\CCCCCCCC(=O)OC(COC(=O)CCCCCCCCCCCCCCCCC)COP(=O)(O)OCCN(C)C. The monoisotopic (exact) mass is 770 g/mol. The number of hydrogen-bond acceptors (Lipinski definition) is 8. The Balaban J connectivity index is 4.32. The van der Waals surface area contributed by atoms with Crippen LogP contribution in [0.5, 0.6) is 0 Å². The smallest absolute Gasteiger partial charge is 0.462 e. The van der Waals surface area contributed by atoms with Crippen molar-refractivity contribution in [3.63, 3.8) is 0 Å². The molecule has 2 atom stereocenters. The standard InChI is InChI=1S/C43H80NO8P/c1-5-7-9-11-13-15-17-19-21-23-25-27-29-31-33-35-42(45)49-39-41(40-51-53(47,48)50-38-37-44(3)4)52-43(46)36-34-32-30-28-26-24-22-20-18-16-14-12-10-8-6-2/h8,10,14,16,20,22,41H,5-7,9,11-13,15,17-19,21,23-40H2,1-4H3,(H,47,48)/b10-8-,16-14-,22-20-. The molecule has 0 aliphatic rings. The van der Waals surface area contributed by atoms with Crippen LogP contribution in [0.2, 0.25) is 0 Å². The van der Waals surface area contributed by atoms with Gasteiger partial charge in [0.2, 0.25) is 0 Å². The summed E-state index contributed by atoms with van der Waals surface area (Å²) in [6.45, 7) is 4.20. The fourth-order valence-electron chi connectivity index (χ4n) is 5.70. The topological polar surface area (TPSA) is 112 Å². The highest BCUT2D eigenvalue weighted by Crippen LogP contribution is 2.43. The van der Waals surface area contributed by atoms with Gasteiger partial charge in [0.05, 0.1) is 13.2 Å². The van der Waals surface area contributed by atoms with E-state index < -0.39 is 26.5 Å². The lowest BCUT2D eigenvalue weighted by atomic mass is 10.0. The van der Waals surface area contributed by atoms with Crippen LogP contribution in [0.15, 0.2) is 36.5 Å². The molecule has 0 spiro atoms. The molecule has 0 amide bonds. The minimum atomic E-state index is -4.36. The summed E-state index contributed by atoms with van der Waals surface area (Å²) in [6.07, 6.45) is 40.4. The zero-order chi connectivity index (χ0) is 39.1. The summed E-state index contributed by atoms with van der Waals surface area (Å²) >= 11 is 0. The van der Waals surface area contributed by atoms with Crippen LogP contribution in [0.4, 0.5) is 0 Å². The fourth-order valence-corrected chi connectivity index (χ4v) is 6.44. The Morgan fingerprint density at radius 3 is 1.60 bits per heavy atom. The molecule has 310 valence electrons. The second kappa shape index (κ2) is 38.5. The first-order chi connectivity index (χ1) is 25.7. The Morgan fingerprint density at radius 1 is 0.604 bits per heavy atom. The van der Waals surface area contributed by atoms with Crippen LogP contribution < -0.4 is 0 Å². The first kappa shape index (κ1) is 51.2. The van der Waals surface area contributed by atoms with Gasteiger partial charge in [0, 0.05) is 19.4 Å². The van der Waals surface area contributed by atoms with E-state index in [1.807, 2.05) is 19.0 Å². The molecule has 0 aromatic heterocycles. The molecule has 0 saturated heterocycles. The lowest BCUT2D eigenvalue weighted by Gasteiger charge is -2.20. The van der Waals surface area contributed by atoms with Gasteiger partial charge in [-0.25, -0.2) is 4.57 Å². The van der Waals surface area contributed by atoms with Gasteiger partial charge in [0.15, 0.2) is 6.10 Å². The number of esters is 2. The number of unbranched alkanes of at least 4 members (excludes halogenated alkanes) is 19. The van der Waals surface area contributed by atoms with E-state index in [0.717, 1.165) is 70.6 Å². The molecule has 0 aliphatic heterocycles. The minimum Gasteiger partial charge on any atom is -0.462 e. The van der Waals surface area contributed by atoms with E-state index >= 15 is 0 Å². The van der Waals surface area contributed by atoms with Crippen LogP contribution in [0.25, 0.3) is 0 Å². The normalized spacial score (nSPS) is 13.8. The van der Waals surface area contributed by atoms with Crippen molar-refractivity contribution in [2.75, 3.05) is 40.5 Å². The number of phosphoric acid groups is 1. The molecule has 0 aliphatic carbocycles. The van der Waals surface area contributed by atoms with Gasteiger partial charge in [-0.15, -0.1) is 0 Å². The number of hydrogen-bond donors (Lipinski definition) is 1. The van der Waals surface area contributed by atoms with Crippen LogP contribution in [0.1, 0.15) is 181 Å². The zero-order valence-corrected chi connectivity index (χ0v) is 35.3. The summed E-state index contributed by atoms with van der Waals surface area (Å²) in [6, 6.07) is 0. The van der Waals surface area contributed by atoms with Crippen molar-refractivity contribution in [2.24, 2.45) is 0 Å². The molecular weight excluding hydrogens is 689 g/mol. The van der Waals surface area contributed by atoms with Gasteiger partial charge in [0.1, 0.15) is 6.61 Å². The van der Waals surface area contributed by atoms with E-state index in [4.69, 9.17) is 18.5 Å². The highest BCUT2D eigenvalue weighted by molar-refractivity contribution is 7.47. The number of allylic oxidation sites excluding steroid dienone is 6. The summed E-state index contributed by atoms with van der Waals surface area (Å²) in [5, 5.41) is 0. The zero-order valence-electron chi connectivity index (χ0n) is 34.5. The molecule has 0 rings (SSSR count). The molecule has 10 heteroatoms. The highest BCUT2D eigenvalue weighted by Gasteiger charge is 2.26. The molecule has 1 N–H and O–H groups in total. The average Bonchev–Trinajstić information content (AvgIpc) is 3.12. The van der Waals surface area contributed by atoms with E-state index in [2.05, 4.69) is 50.3 Å². The van der Waals surface area contributed by atoms with E-state index in [1.54, 1.807) is 0 Å². The second-order valence-corrected chi connectivity index (χ2v) is 15.9. The van der Waals surface area contributed by atoms with Crippen LogP contribution in [0.3, 0.4) is 0 Å². The Kier molecular flexibility index (Phi) is 37.2. The summed E-state index contributed by atoms with van der Waals surface area (Å²) in [7, 11) is -0.719. The van der Waals surface area contributed by atoms with E-state index in [-0.39, 0.29) is 32.0 Å². The van der Waals surface area contributed by atoms with E-state index in [9.17, 15) is 19.0 Å². The number of carbonyl (C=O) groups excluding carboxylic acids is 2. The highest BCUT2D eigenvalue weighted by atomic mass is 31.2. The van der Waals surface area contributed by atoms with Gasteiger partial charge in [-0.1, -0.05) is 159 Å². The number of nitrogens with zero attached hydrogens (tertiary/aromatic N) is 1. The molecule has 0 fully saturated rings. The lowest BCUT2D eigenvalue weighted by molar-refractivity contribution is -0.161. The van der Waals surface area contributed by atoms with Crippen molar-refractivity contribution in [1.29, 1.82) is 0 Å². The Bertz CT molecular complexity index is 983. The third kappa shape index (κ3) is 39.7. The first-order valence-corrected chi connectivity index (χ1v) is 22.8.